The maximum atomic E-state index is 13.4. The molecular formula is C20H25N7O4S2. The van der Waals surface area contributed by atoms with Gasteiger partial charge in [0, 0.05) is 38.2 Å². The Morgan fingerprint density at radius 1 is 1.30 bits per heavy atom. The molecule has 2 aliphatic rings. The van der Waals surface area contributed by atoms with Crippen LogP contribution < -0.4 is 24.1 Å². The lowest BCUT2D eigenvalue weighted by Crippen LogP contribution is -2.48. The SMILES string of the molecule is CCNC(=O)c1ccc2c(n1)N(C(=O)Nc1cc(N(SC)S(C)(=O)=O)ccn1)C1CCN2C1. The zero-order valence-corrected chi connectivity index (χ0v) is 20.1. The van der Waals surface area contributed by atoms with E-state index >= 15 is 0 Å². The number of carbonyl (C=O) groups excluding carboxylic acids is 2. The fraction of sp³-hybridized carbons (Fsp3) is 0.400. The largest absolute Gasteiger partial charge is 0.366 e. The molecule has 1 saturated heterocycles. The van der Waals surface area contributed by atoms with E-state index in [1.807, 2.05) is 13.0 Å². The highest BCUT2D eigenvalue weighted by molar-refractivity contribution is 8.14. The van der Waals surface area contributed by atoms with Crippen molar-refractivity contribution in [1.29, 1.82) is 0 Å². The second-order valence-electron chi connectivity index (χ2n) is 7.66. The van der Waals surface area contributed by atoms with Gasteiger partial charge in [0.1, 0.15) is 11.5 Å². The summed E-state index contributed by atoms with van der Waals surface area (Å²) in [5.74, 6) is 0.325. The number of hydrogen-bond acceptors (Lipinski definition) is 8. The van der Waals surface area contributed by atoms with E-state index in [0.717, 1.165) is 40.6 Å². The Hall–Kier alpha value is -3.06. The first-order valence-corrected chi connectivity index (χ1v) is 13.4. The van der Waals surface area contributed by atoms with Gasteiger partial charge in [0.05, 0.1) is 23.7 Å². The van der Waals surface area contributed by atoms with Crippen molar-refractivity contribution < 1.29 is 18.0 Å². The van der Waals surface area contributed by atoms with Crippen molar-refractivity contribution in [3.05, 3.63) is 36.2 Å². The molecule has 0 aliphatic carbocycles. The second kappa shape index (κ2) is 9.06. The van der Waals surface area contributed by atoms with E-state index in [4.69, 9.17) is 0 Å². The topological polar surface area (TPSA) is 128 Å². The molecule has 1 unspecified atom stereocenters. The van der Waals surface area contributed by atoms with Gasteiger partial charge in [-0.2, -0.15) is 0 Å². The first-order chi connectivity index (χ1) is 15.7. The van der Waals surface area contributed by atoms with Crippen molar-refractivity contribution >= 4 is 56.9 Å². The number of urea groups is 1. The summed E-state index contributed by atoms with van der Waals surface area (Å²) in [6.45, 7) is 3.75. The van der Waals surface area contributed by atoms with Crippen LogP contribution in [0.4, 0.5) is 27.8 Å². The van der Waals surface area contributed by atoms with Crippen molar-refractivity contribution in [1.82, 2.24) is 15.3 Å². The number of carbonyl (C=O) groups is 2. The lowest BCUT2D eigenvalue weighted by molar-refractivity contribution is 0.0951. The molecular weight excluding hydrogens is 466 g/mol. The van der Waals surface area contributed by atoms with Crippen LogP contribution in [0.1, 0.15) is 23.8 Å². The Labute approximate surface area is 196 Å². The lowest BCUT2D eigenvalue weighted by atomic mass is 10.1. The molecule has 1 atom stereocenters. The quantitative estimate of drug-likeness (QED) is 0.587. The minimum Gasteiger partial charge on any atom is -0.366 e. The zero-order chi connectivity index (χ0) is 23.8. The molecule has 3 amide bonds. The van der Waals surface area contributed by atoms with Gasteiger partial charge >= 0.3 is 6.03 Å². The van der Waals surface area contributed by atoms with Crippen LogP contribution in [-0.2, 0) is 10.0 Å². The molecule has 0 spiro atoms. The van der Waals surface area contributed by atoms with E-state index in [0.29, 0.717) is 24.6 Å². The van der Waals surface area contributed by atoms with Gasteiger partial charge in [-0.1, -0.05) is 0 Å². The number of amides is 3. The molecule has 2 aromatic rings. The van der Waals surface area contributed by atoms with Crippen LogP contribution in [0.25, 0.3) is 0 Å². The Bertz CT molecular complexity index is 1190. The second-order valence-corrected chi connectivity index (χ2v) is 10.5. The van der Waals surface area contributed by atoms with E-state index in [2.05, 4.69) is 25.5 Å². The number of nitrogens with one attached hydrogen (secondary N) is 2. The summed E-state index contributed by atoms with van der Waals surface area (Å²) in [6.07, 6.45) is 4.96. The predicted molar refractivity (Wildman–Crippen MR) is 129 cm³/mol. The third-order valence-corrected chi connectivity index (χ3v) is 8.01. The molecule has 2 aliphatic heterocycles. The summed E-state index contributed by atoms with van der Waals surface area (Å²) < 4.78 is 25.2. The van der Waals surface area contributed by atoms with Crippen LogP contribution in [0.5, 0.6) is 0 Å². The van der Waals surface area contributed by atoms with E-state index in [1.54, 1.807) is 23.3 Å². The zero-order valence-electron chi connectivity index (χ0n) is 18.5. The lowest BCUT2D eigenvalue weighted by Gasteiger charge is -2.35. The standard InChI is InChI=1S/C20H25N7O4S2/c1-4-21-19(28)15-5-6-16-18(23-15)26(14-8-10-25(16)12-14)20(29)24-17-11-13(7-9-22-17)27(32-2)33(3,30)31/h5-7,9,11,14H,4,8,10,12H2,1-3H3,(H,21,28)(H,22,24,29). The maximum absolute atomic E-state index is 13.4. The Morgan fingerprint density at radius 3 is 2.79 bits per heavy atom. The summed E-state index contributed by atoms with van der Waals surface area (Å²) in [6, 6.07) is 5.99. The molecule has 2 bridgehead atoms. The fourth-order valence-corrected chi connectivity index (χ4v) is 5.96. The number of sulfonamides is 1. The Balaban J connectivity index is 1.64. The van der Waals surface area contributed by atoms with Crippen LogP contribution in [0, 0.1) is 0 Å². The summed E-state index contributed by atoms with van der Waals surface area (Å²) >= 11 is 1.04. The monoisotopic (exact) mass is 491 g/mol. The highest BCUT2D eigenvalue weighted by Gasteiger charge is 2.40. The number of rotatable bonds is 6. The Kier molecular flexibility index (Phi) is 6.34. The van der Waals surface area contributed by atoms with Crippen LogP contribution in [0.15, 0.2) is 30.5 Å². The molecule has 2 N–H and O–H groups in total. The maximum Gasteiger partial charge on any atom is 0.329 e. The molecule has 0 saturated carbocycles. The van der Waals surface area contributed by atoms with E-state index < -0.39 is 16.1 Å². The summed E-state index contributed by atoms with van der Waals surface area (Å²) in [4.78, 5) is 38.1. The summed E-state index contributed by atoms with van der Waals surface area (Å²) in [7, 11) is -3.51. The van der Waals surface area contributed by atoms with Crippen LogP contribution in [0.2, 0.25) is 0 Å². The van der Waals surface area contributed by atoms with Crippen molar-refractivity contribution in [3.63, 3.8) is 0 Å². The van der Waals surface area contributed by atoms with E-state index in [-0.39, 0.29) is 23.5 Å². The van der Waals surface area contributed by atoms with E-state index in [9.17, 15) is 18.0 Å². The average Bonchev–Trinajstić information content (AvgIpc) is 3.17. The first kappa shape index (κ1) is 23.1. The van der Waals surface area contributed by atoms with Crippen molar-refractivity contribution in [2.75, 3.05) is 51.0 Å². The number of fused-ring (bicyclic) bond motifs is 4. The smallest absolute Gasteiger partial charge is 0.329 e. The van der Waals surface area contributed by atoms with Crippen molar-refractivity contribution in [3.8, 4) is 0 Å². The number of pyridine rings is 2. The van der Waals surface area contributed by atoms with Gasteiger partial charge in [-0.25, -0.2) is 26.9 Å². The highest BCUT2D eigenvalue weighted by atomic mass is 32.3. The molecule has 0 radical (unpaired) electrons. The van der Waals surface area contributed by atoms with E-state index in [1.165, 1.54) is 12.3 Å². The number of nitrogens with zero attached hydrogens (tertiary/aromatic N) is 5. The molecule has 1 fully saturated rings. The summed E-state index contributed by atoms with van der Waals surface area (Å²) in [5, 5.41) is 5.49. The average molecular weight is 492 g/mol. The molecule has 4 heterocycles. The van der Waals surface area contributed by atoms with Gasteiger partial charge < -0.3 is 10.2 Å². The van der Waals surface area contributed by atoms with Crippen LogP contribution >= 0.6 is 11.9 Å². The molecule has 33 heavy (non-hydrogen) atoms. The molecule has 4 rings (SSSR count). The normalized spacial score (nSPS) is 16.9. The fourth-order valence-electron chi connectivity index (χ4n) is 4.05. The summed E-state index contributed by atoms with van der Waals surface area (Å²) in [5.41, 5.74) is 1.40. The van der Waals surface area contributed by atoms with Gasteiger partial charge in [0.15, 0.2) is 5.82 Å². The molecule has 11 nitrogen and oxygen atoms in total. The Morgan fingerprint density at radius 2 is 2.09 bits per heavy atom. The van der Waals surface area contributed by atoms with Crippen LogP contribution in [0.3, 0.4) is 0 Å². The molecule has 176 valence electrons. The highest BCUT2D eigenvalue weighted by Crippen LogP contribution is 2.39. The van der Waals surface area contributed by atoms with Gasteiger partial charge in [0.2, 0.25) is 10.0 Å². The third-order valence-electron chi connectivity index (χ3n) is 5.40. The predicted octanol–water partition coefficient (Wildman–Crippen LogP) is 1.90. The molecule has 2 aromatic heterocycles. The third kappa shape index (κ3) is 4.55. The first-order valence-electron chi connectivity index (χ1n) is 10.4. The molecule has 0 aromatic carbocycles. The van der Waals surface area contributed by atoms with Crippen molar-refractivity contribution in [2.24, 2.45) is 0 Å². The van der Waals surface area contributed by atoms with Crippen LogP contribution in [-0.4, -0.2) is 68.5 Å². The van der Waals surface area contributed by atoms with Crippen molar-refractivity contribution in [2.45, 2.75) is 19.4 Å². The number of anilines is 4. The van der Waals surface area contributed by atoms with Gasteiger partial charge in [0.25, 0.3) is 5.91 Å². The minimum atomic E-state index is -3.51. The molecule has 13 heteroatoms. The minimum absolute atomic E-state index is 0.101. The van der Waals surface area contributed by atoms with Gasteiger partial charge in [-0.05, 0) is 43.5 Å². The van der Waals surface area contributed by atoms with Gasteiger partial charge in [-0.3, -0.25) is 15.0 Å². The van der Waals surface area contributed by atoms with Gasteiger partial charge in [-0.15, -0.1) is 0 Å². The number of aromatic nitrogens is 2. The number of hydrogen-bond donors (Lipinski definition) is 2.